The zero-order chi connectivity index (χ0) is 16.5. The van der Waals surface area contributed by atoms with E-state index in [9.17, 15) is 4.79 Å². The maximum atomic E-state index is 12.2. The molecule has 0 aliphatic rings. The minimum absolute atomic E-state index is 0.0208. The predicted molar refractivity (Wildman–Crippen MR) is 97.3 cm³/mol. The molecule has 3 nitrogen and oxygen atoms in total. The quantitative estimate of drug-likeness (QED) is 0.571. The number of nitrogens with one attached hydrogen (secondary N) is 1. The van der Waals surface area contributed by atoms with Gasteiger partial charge in [-0.3, -0.25) is 4.79 Å². The second kappa shape index (κ2) is 9.06. The van der Waals surface area contributed by atoms with Crippen molar-refractivity contribution >= 4 is 23.4 Å². The highest BCUT2D eigenvalue weighted by molar-refractivity contribution is 7.99. The zero-order valence-electron chi connectivity index (χ0n) is 13.2. The van der Waals surface area contributed by atoms with Crippen molar-refractivity contribution in [2.24, 2.45) is 0 Å². The molecule has 4 heteroatoms. The summed E-state index contributed by atoms with van der Waals surface area (Å²) in [7, 11) is 1.64. The van der Waals surface area contributed by atoms with Gasteiger partial charge in [0.15, 0.2) is 0 Å². The van der Waals surface area contributed by atoms with Gasteiger partial charge in [-0.1, -0.05) is 30.3 Å². The minimum Gasteiger partial charge on any atom is -0.497 e. The number of ether oxygens (including phenoxy) is 1. The molecule has 0 aromatic heterocycles. The molecule has 0 fully saturated rings. The predicted octanol–water partition coefficient (Wildman–Crippen LogP) is 4.54. The van der Waals surface area contributed by atoms with Crippen LogP contribution >= 0.6 is 11.8 Å². The lowest BCUT2D eigenvalue weighted by atomic mass is 10.1. The van der Waals surface area contributed by atoms with E-state index in [1.807, 2.05) is 54.6 Å². The molecule has 23 heavy (non-hydrogen) atoms. The molecule has 0 aliphatic heterocycles. The molecule has 0 radical (unpaired) electrons. The van der Waals surface area contributed by atoms with Crippen molar-refractivity contribution in [1.82, 2.24) is 0 Å². The Morgan fingerprint density at radius 2 is 1.96 bits per heavy atom. The van der Waals surface area contributed by atoms with Gasteiger partial charge in [0, 0.05) is 17.1 Å². The van der Waals surface area contributed by atoms with Crippen molar-refractivity contribution in [3.8, 4) is 5.75 Å². The van der Waals surface area contributed by atoms with Gasteiger partial charge in [-0.05, 0) is 36.2 Å². The van der Waals surface area contributed by atoms with Gasteiger partial charge < -0.3 is 10.1 Å². The number of hydrogen-bond donors (Lipinski definition) is 1. The van der Waals surface area contributed by atoms with Crippen LogP contribution in [0.5, 0.6) is 5.75 Å². The second-order valence-corrected chi connectivity index (χ2v) is 6.05. The van der Waals surface area contributed by atoms with Crippen LogP contribution in [0.4, 0.5) is 5.69 Å². The molecule has 2 aromatic carbocycles. The molecule has 2 rings (SSSR count). The van der Waals surface area contributed by atoms with Crippen LogP contribution in [0, 0.1) is 0 Å². The van der Waals surface area contributed by atoms with Crippen LogP contribution in [-0.4, -0.2) is 18.8 Å². The minimum atomic E-state index is 0.0208. The summed E-state index contributed by atoms with van der Waals surface area (Å²) in [6.07, 6.45) is 3.01. The number of hydrogen-bond acceptors (Lipinski definition) is 3. The third kappa shape index (κ3) is 5.49. The molecule has 1 amide bonds. The summed E-state index contributed by atoms with van der Waals surface area (Å²) in [5, 5.41) is 2.99. The van der Waals surface area contributed by atoms with Crippen LogP contribution < -0.4 is 10.1 Å². The molecular formula is C19H21NO2S. The van der Waals surface area contributed by atoms with E-state index in [1.165, 1.54) is 0 Å². The van der Waals surface area contributed by atoms with Crippen molar-refractivity contribution in [3.05, 3.63) is 66.7 Å². The number of anilines is 1. The van der Waals surface area contributed by atoms with Crippen LogP contribution in [0.1, 0.15) is 12.0 Å². The van der Waals surface area contributed by atoms with Crippen molar-refractivity contribution in [1.29, 1.82) is 0 Å². The molecule has 0 spiro atoms. The van der Waals surface area contributed by atoms with E-state index < -0.39 is 0 Å². The van der Waals surface area contributed by atoms with Crippen LogP contribution in [0.2, 0.25) is 0 Å². The third-order valence-electron chi connectivity index (χ3n) is 3.32. The van der Waals surface area contributed by atoms with E-state index in [4.69, 9.17) is 4.74 Å². The number of benzene rings is 2. The number of thioether (sulfide) groups is 1. The van der Waals surface area contributed by atoms with Crippen molar-refractivity contribution in [2.45, 2.75) is 17.7 Å². The summed E-state index contributed by atoms with van der Waals surface area (Å²) < 4.78 is 5.13. The summed E-state index contributed by atoms with van der Waals surface area (Å²) in [5.74, 6) is 1.66. The SMILES string of the molecule is C=CCSc1ccccc1NC(=O)CCc1ccc(OC)cc1. The molecule has 120 valence electrons. The summed E-state index contributed by atoms with van der Waals surface area (Å²) in [4.78, 5) is 13.2. The van der Waals surface area contributed by atoms with Gasteiger partial charge in [-0.15, -0.1) is 18.3 Å². The molecule has 0 unspecified atom stereocenters. The molecule has 1 N–H and O–H groups in total. The summed E-state index contributed by atoms with van der Waals surface area (Å²) in [6.45, 7) is 3.72. The normalized spacial score (nSPS) is 10.1. The summed E-state index contributed by atoms with van der Waals surface area (Å²) in [6, 6.07) is 15.6. The third-order valence-corrected chi connectivity index (χ3v) is 4.39. The smallest absolute Gasteiger partial charge is 0.224 e. The maximum Gasteiger partial charge on any atom is 0.224 e. The lowest BCUT2D eigenvalue weighted by Gasteiger charge is -2.10. The standard InChI is InChI=1S/C19H21NO2S/c1-3-14-23-18-7-5-4-6-17(18)20-19(21)13-10-15-8-11-16(22-2)12-9-15/h3-9,11-12H,1,10,13-14H2,2H3,(H,20,21). The molecule has 0 saturated heterocycles. The van der Waals surface area contributed by atoms with E-state index in [1.54, 1.807) is 18.9 Å². The highest BCUT2D eigenvalue weighted by atomic mass is 32.2. The highest BCUT2D eigenvalue weighted by Gasteiger charge is 2.07. The fourth-order valence-electron chi connectivity index (χ4n) is 2.11. The number of carbonyl (C=O) groups excluding carboxylic acids is 1. The second-order valence-electron chi connectivity index (χ2n) is 4.99. The Morgan fingerprint density at radius 1 is 1.22 bits per heavy atom. The molecule has 0 aliphatic carbocycles. The average Bonchev–Trinajstić information content (AvgIpc) is 2.59. The fourth-order valence-corrected chi connectivity index (χ4v) is 2.85. The van der Waals surface area contributed by atoms with Crippen LogP contribution in [0.25, 0.3) is 0 Å². The Kier molecular flexibility index (Phi) is 6.76. The van der Waals surface area contributed by atoms with E-state index in [0.717, 1.165) is 27.6 Å². The molecule has 0 saturated carbocycles. The van der Waals surface area contributed by atoms with E-state index in [0.29, 0.717) is 12.8 Å². The summed E-state index contributed by atoms with van der Waals surface area (Å²) in [5.41, 5.74) is 1.98. The lowest BCUT2D eigenvalue weighted by Crippen LogP contribution is -2.13. The van der Waals surface area contributed by atoms with Gasteiger partial charge >= 0.3 is 0 Å². The first kappa shape index (κ1) is 17.2. The first-order chi connectivity index (χ1) is 11.2. The van der Waals surface area contributed by atoms with Crippen LogP contribution in [0.3, 0.4) is 0 Å². The topological polar surface area (TPSA) is 38.3 Å². The Bertz CT molecular complexity index is 653. The van der Waals surface area contributed by atoms with E-state index >= 15 is 0 Å². The Morgan fingerprint density at radius 3 is 2.65 bits per heavy atom. The van der Waals surface area contributed by atoms with Gasteiger partial charge in [-0.2, -0.15) is 0 Å². The van der Waals surface area contributed by atoms with Gasteiger partial charge in [-0.25, -0.2) is 0 Å². The Labute approximate surface area is 141 Å². The molecule has 0 heterocycles. The highest BCUT2D eigenvalue weighted by Crippen LogP contribution is 2.27. The fraction of sp³-hybridized carbons (Fsp3) is 0.211. The number of methoxy groups -OCH3 is 1. The number of para-hydroxylation sites is 1. The number of amides is 1. The number of aryl methyl sites for hydroxylation is 1. The van der Waals surface area contributed by atoms with Crippen LogP contribution in [-0.2, 0) is 11.2 Å². The Hall–Kier alpha value is -2.20. The zero-order valence-corrected chi connectivity index (χ0v) is 14.1. The molecule has 2 aromatic rings. The monoisotopic (exact) mass is 327 g/mol. The Balaban J connectivity index is 1.90. The van der Waals surface area contributed by atoms with Gasteiger partial charge in [0.2, 0.25) is 5.91 Å². The molecular weight excluding hydrogens is 306 g/mol. The van der Waals surface area contributed by atoms with Crippen molar-refractivity contribution in [2.75, 3.05) is 18.2 Å². The first-order valence-corrected chi connectivity index (χ1v) is 8.47. The van der Waals surface area contributed by atoms with E-state index in [2.05, 4.69) is 11.9 Å². The lowest BCUT2D eigenvalue weighted by molar-refractivity contribution is -0.116. The van der Waals surface area contributed by atoms with Gasteiger partial charge in [0.05, 0.1) is 12.8 Å². The molecule has 0 bridgehead atoms. The number of rotatable bonds is 8. The van der Waals surface area contributed by atoms with Crippen molar-refractivity contribution in [3.63, 3.8) is 0 Å². The summed E-state index contributed by atoms with van der Waals surface area (Å²) >= 11 is 1.66. The van der Waals surface area contributed by atoms with Gasteiger partial charge in [0.25, 0.3) is 0 Å². The van der Waals surface area contributed by atoms with E-state index in [-0.39, 0.29) is 5.91 Å². The largest absolute Gasteiger partial charge is 0.497 e. The first-order valence-electron chi connectivity index (χ1n) is 7.48. The molecule has 0 atom stereocenters. The van der Waals surface area contributed by atoms with Crippen molar-refractivity contribution < 1.29 is 9.53 Å². The number of carbonyl (C=O) groups is 1. The van der Waals surface area contributed by atoms with Gasteiger partial charge in [0.1, 0.15) is 5.75 Å². The average molecular weight is 327 g/mol. The van der Waals surface area contributed by atoms with Crippen LogP contribution in [0.15, 0.2) is 66.1 Å². The maximum absolute atomic E-state index is 12.2.